The van der Waals surface area contributed by atoms with Gasteiger partial charge < -0.3 is 5.32 Å². The van der Waals surface area contributed by atoms with Crippen molar-refractivity contribution >= 4 is 45.3 Å². The van der Waals surface area contributed by atoms with Gasteiger partial charge in [0, 0.05) is 17.5 Å². The molecular formula is C23H30N4O3S2. The van der Waals surface area contributed by atoms with E-state index in [1.807, 2.05) is 20.8 Å². The lowest BCUT2D eigenvalue weighted by Gasteiger charge is -2.28. The van der Waals surface area contributed by atoms with Gasteiger partial charge in [-0.2, -0.15) is 0 Å². The highest BCUT2D eigenvalue weighted by Crippen LogP contribution is 2.49. The van der Waals surface area contributed by atoms with Gasteiger partial charge in [-0.1, -0.05) is 24.3 Å². The van der Waals surface area contributed by atoms with Gasteiger partial charge in [0.05, 0.1) is 11.1 Å². The van der Waals surface area contributed by atoms with Crippen molar-refractivity contribution in [3.63, 3.8) is 0 Å². The summed E-state index contributed by atoms with van der Waals surface area (Å²) in [6, 6.07) is -0.403. The average molecular weight is 475 g/mol. The minimum atomic E-state index is -0.456. The summed E-state index contributed by atoms with van der Waals surface area (Å²) >= 11 is 2.63. The fourth-order valence-electron chi connectivity index (χ4n) is 5.26. The molecule has 7 nitrogen and oxygen atoms in total. The number of fused-ring (bicyclic) bond motifs is 3. The zero-order chi connectivity index (χ0) is 23.0. The Morgan fingerprint density at radius 2 is 2.12 bits per heavy atom. The molecule has 2 aromatic heterocycles. The molecule has 2 heterocycles. The third-order valence-electron chi connectivity index (χ3n) is 6.94. The molecule has 0 radical (unpaired) electrons. The largest absolute Gasteiger partial charge is 0.335 e. The van der Waals surface area contributed by atoms with Crippen molar-refractivity contribution in [1.82, 2.24) is 20.2 Å². The van der Waals surface area contributed by atoms with E-state index < -0.39 is 11.9 Å². The van der Waals surface area contributed by atoms with Crippen LogP contribution >= 0.6 is 23.1 Å². The maximum Gasteiger partial charge on any atom is 0.321 e. The molecular weight excluding hydrogens is 444 g/mol. The van der Waals surface area contributed by atoms with Crippen LogP contribution in [0.3, 0.4) is 0 Å². The summed E-state index contributed by atoms with van der Waals surface area (Å²) in [7, 11) is 0. The first-order valence-electron chi connectivity index (χ1n) is 11.1. The molecule has 32 heavy (non-hydrogen) atoms. The highest BCUT2D eigenvalue weighted by molar-refractivity contribution is 7.99. The minimum Gasteiger partial charge on any atom is -0.335 e. The summed E-state index contributed by atoms with van der Waals surface area (Å²) < 4.78 is 1.53. The molecule has 2 aliphatic carbocycles. The third kappa shape index (κ3) is 4.50. The molecule has 2 saturated carbocycles. The van der Waals surface area contributed by atoms with Gasteiger partial charge in [0.1, 0.15) is 4.83 Å². The number of nitrogens with one attached hydrogen (secondary N) is 2. The van der Waals surface area contributed by atoms with Gasteiger partial charge in [-0.05, 0) is 63.4 Å². The number of aromatic nitrogens is 2. The molecule has 0 unspecified atom stereocenters. The highest BCUT2D eigenvalue weighted by Gasteiger charge is 2.42. The second-order valence-corrected chi connectivity index (χ2v) is 11.1. The summed E-state index contributed by atoms with van der Waals surface area (Å²) in [4.78, 5) is 44.1. The summed E-state index contributed by atoms with van der Waals surface area (Å²) in [5.74, 6) is 1.60. The number of thiophene rings is 1. The predicted molar refractivity (Wildman–Crippen MR) is 129 cm³/mol. The van der Waals surface area contributed by atoms with E-state index in [1.165, 1.54) is 41.6 Å². The van der Waals surface area contributed by atoms with Gasteiger partial charge in [0.2, 0.25) is 5.91 Å². The van der Waals surface area contributed by atoms with E-state index in [9.17, 15) is 14.4 Å². The van der Waals surface area contributed by atoms with E-state index in [-0.39, 0.29) is 17.4 Å². The number of carbonyl (C=O) groups is 2. The third-order valence-corrected chi connectivity index (χ3v) is 9.02. The van der Waals surface area contributed by atoms with Crippen molar-refractivity contribution in [2.45, 2.75) is 64.2 Å². The lowest BCUT2D eigenvalue weighted by Crippen LogP contribution is -2.47. The Labute approximate surface area is 196 Å². The van der Waals surface area contributed by atoms with Crippen LogP contribution in [0.4, 0.5) is 4.79 Å². The molecule has 2 fully saturated rings. The molecule has 3 amide bonds. The number of thioether (sulfide) groups is 1. The predicted octanol–water partition coefficient (Wildman–Crippen LogP) is 4.00. The van der Waals surface area contributed by atoms with Crippen LogP contribution in [-0.2, 0) is 11.3 Å². The number of aryl methyl sites for hydroxylation is 2. The standard InChI is InChI=1S/C23H30N4O3S2/c1-5-8-27-21(29)19-12(2)14(4)32-20(19)26-23(27)31-11-18(28)25-22(30)24-13(3)17-10-15-6-7-16(17)9-15/h5,13,15-17H,1,6-11H2,2-4H3,(H2,24,25,28,30)/t13-,15+,16+,17-/m1/s1. The van der Waals surface area contributed by atoms with E-state index in [0.29, 0.717) is 33.8 Å². The molecule has 2 aliphatic rings. The summed E-state index contributed by atoms with van der Waals surface area (Å²) in [5.41, 5.74) is 0.813. The Hall–Kier alpha value is -2.13. The quantitative estimate of drug-likeness (QED) is 0.359. The van der Waals surface area contributed by atoms with Crippen molar-refractivity contribution in [2.75, 3.05) is 5.75 Å². The van der Waals surface area contributed by atoms with Crippen LogP contribution in [0.5, 0.6) is 0 Å². The van der Waals surface area contributed by atoms with Crippen LogP contribution in [0, 0.1) is 31.6 Å². The maximum absolute atomic E-state index is 13.0. The fraction of sp³-hybridized carbons (Fsp3) is 0.565. The summed E-state index contributed by atoms with van der Waals surface area (Å²) in [6.45, 7) is 9.96. The number of amides is 3. The first-order chi connectivity index (χ1) is 15.3. The Morgan fingerprint density at radius 1 is 1.34 bits per heavy atom. The smallest absolute Gasteiger partial charge is 0.321 e. The summed E-state index contributed by atoms with van der Waals surface area (Å²) in [6.07, 6.45) is 6.66. The number of nitrogens with zero attached hydrogens (tertiary/aromatic N) is 2. The van der Waals surface area contributed by atoms with Gasteiger partial charge in [-0.15, -0.1) is 17.9 Å². The number of imide groups is 1. The Morgan fingerprint density at radius 3 is 2.78 bits per heavy atom. The molecule has 2 bridgehead atoms. The van der Waals surface area contributed by atoms with Crippen LogP contribution in [0.25, 0.3) is 10.2 Å². The molecule has 0 aromatic carbocycles. The molecule has 0 aliphatic heterocycles. The number of carbonyl (C=O) groups excluding carboxylic acids is 2. The van der Waals surface area contributed by atoms with Crippen molar-refractivity contribution in [1.29, 1.82) is 0 Å². The van der Waals surface area contributed by atoms with Gasteiger partial charge in [-0.3, -0.25) is 19.5 Å². The first-order valence-corrected chi connectivity index (χ1v) is 12.9. The second kappa shape index (κ2) is 9.39. The topological polar surface area (TPSA) is 93.1 Å². The van der Waals surface area contributed by atoms with Gasteiger partial charge in [0.15, 0.2) is 5.16 Å². The molecule has 9 heteroatoms. The number of hydrogen-bond acceptors (Lipinski definition) is 6. The summed E-state index contributed by atoms with van der Waals surface area (Å²) in [5, 5.41) is 6.45. The minimum absolute atomic E-state index is 0.00560. The zero-order valence-electron chi connectivity index (χ0n) is 18.8. The molecule has 2 N–H and O–H groups in total. The molecule has 0 saturated heterocycles. The number of rotatable bonds is 7. The molecule has 4 rings (SSSR count). The maximum atomic E-state index is 13.0. The highest BCUT2D eigenvalue weighted by atomic mass is 32.2. The van der Waals surface area contributed by atoms with Crippen LogP contribution < -0.4 is 16.2 Å². The molecule has 0 spiro atoms. The van der Waals surface area contributed by atoms with Crippen molar-refractivity contribution in [3.8, 4) is 0 Å². The average Bonchev–Trinajstić information content (AvgIpc) is 3.44. The van der Waals surface area contributed by atoms with Crippen LogP contribution in [0.1, 0.15) is 43.0 Å². The zero-order valence-corrected chi connectivity index (χ0v) is 20.4. The van der Waals surface area contributed by atoms with E-state index in [2.05, 4.69) is 22.2 Å². The molecule has 2 aromatic rings. The van der Waals surface area contributed by atoms with E-state index in [1.54, 1.807) is 6.08 Å². The Balaban J connectivity index is 1.38. The van der Waals surface area contributed by atoms with Gasteiger partial charge in [0.25, 0.3) is 5.56 Å². The normalized spacial score (nSPS) is 22.8. The van der Waals surface area contributed by atoms with Crippen molar-refractivity contribution in [2.24, 2.45) is 17.8 Å². The number of allylic oxidation sites excluding steroid dienone is 1. The monoisotopic (exact) mass is 474 g/mol. The molecule has 172 valence electrons. The Bertz CT molecular complexity index is 1120. The lowest BCUT2D eigenvalue weighted by molar-refractivity contribution is -0.117. The van der Waals surface area contributed by atoms with Crippen LogP contribution in [0.15, 0.2) is 22.6 Å². The Kier molecular flexibility index (Phi) is 6.76. The fourth-order valence-corrected chi connectivity index (χ4v) is 7.14. The van der Waals surface area contributed by atoms with Gasteiger partial charge >= 0.3 is 6.03 Å². The van der Waals surface area contributed by atoms with E-state index in [0.717, 1.165) is 28.1 Å². The molecule has 4 atom stereocenters. The second-order valence-electron chi connectivity index (χ2n) is 9.00. The van der Waals surface area contributed by atoms with E-state index in [4.69, 9.17) is 0 Å². The van der Waals surface area contributed by atoms with Crippen LogP contribution in [0.2, 0.25) is 0 Å². The van der Waals surface area contributed by atoms with Gasteiger partial charge in [-0.25, -0.2) is 9.78 Å². The van der Waals surface area contributed by atoms with E-state index >= 15 is 0 Å². The first kappa shape index (κ1) is 23.0. The van der Waals surface area contributed by atoms with Crippen molar-refractivity contribution < 1.29 is 9.59 Å². The van der Waals surface area contributed by atoms with Crippen molar-refractivity contribution in [3.05, 3.63) is 33.4 Å². The van der Waals surface area contributed by atoms with Crippen LogP contribution in [-0.4, -0.2) is 33.3 Å². The number of hydrogen-bond donors (Lipinski definition) is 2. The lowest BCUT2D eigenvalue weighted by atomic mass is 9.84. The number of urea groups is 1. The SMILES string of the molecule is C=CCn1c(SCC(=O)NC(=O)N[C@H](C)[C@H]2C[C@H]3CC[C@H]2C3)nc2sc(C)c(C)c2c1=O.